The number of benzene rings is 1. The first-order valence-electron chi connectivity index (χ1n) is 5.86. The lowest BCUT2D eigenvalue weighted by atomic mass is 10.4. The van der Waals surface area contributed by atoms with E-state index >= 15 is 0 Å². The molecule has 0 bridgehead atoms. The molecule has 1 rings (SSSR count). The first kappa shape index (κ1) is 17.1. The van der Waals surface area contributed by atoms with Crippen LogP contribution in [0.5, 0.6) is 0 Å². The first-order valence-corrected chi connectivity index (χ1v) is 8.78. The van der Waals surface area contributed by atoms with Crippen molar-refractivity contribution in [1.82, 2.24) is 9.03 Å². The number of nitrogens with zero attached hydrogens (tertiary/aromatic N) is 1. The third-order valence-corrected chi connectivity index (χ3v) is 6.00. The predicted molar refractivity (Wildman–Crippen MR) is 76.2 cm³/mol. The highest BCUT2D eigenvalue weighted by Gasteiger charge is 2.22. The van der Waals surface area contributed by atoms with Crippen molar-refractivity contribution in [3.8, 4) is 0 Å². The van der Waals surface area contributed by atoms with Gasteiger partial charge in [-0.1, -0.05) is 6.07 Å². The summed E-state index contributed by atoms with van der Waals surface area (Å²) in [6.07, 6.45) is 0. The smallest absolute Gasteiger partial charge is 0.242 e. The fourth-order valence-corrected chi connectivity index (χ4v) is 3.72. The maximum atomic E-state index is 12.1. The van der Waals surface area contributed by atoms with Gasteiger partial charge >= 0.3 is 0 Å². The van der Waals surface area contributed by atoms with Gasteiger partial charge in [0.15, 0.2) is 0 Å². The summed E-state index contributed by atoms with van der Waals surface area (Å²) in [7, 11) is -4.71. The number of nitrogens with two attached hydrogens (primary N) is 1. The molecule has 0 heterocycles. The molecule has 0 saturated heterocycles. The van der Waals surface area contributed by atoms with E-state index in [4.69, 9.17) is 5.73 Å². The van der Waals surface area contributed by atoms with Gasteiger partial charge < -0.3 is 5.73 Å². The van der Waals surface area contributed by atoms with Crippen molar-refractivity contribution >= 4 is 20.0 Å². The van der Waals surface area contributed by atoms with Gasteiger partial charge in [-0.2, -0.15) is 0 Å². The SMILES string of the molecule is C[C@@H](CN)NS(=O)(=O)c1cccc(S(=O)(=O)N(C)C)c1. The molecule has 0 aliphatic carbocycles. The molecule has 1 aromatic carbocycles. The third kappa shape index (κ3) is 3.76. The van der Waals surface area contributed by atoms with Crippen LogP contribution in [-0.4, -0.2) is 47.8 Å². The van der Waals surface area contributed by atoms with E-state index in [1.54, 1.807) is 6.92 Å². The van der Waals surface area contributed by atoms with E-state index < -0.39 is 26.1 Å². The van der Waals surface area contributed by atoms with Gasteiger partial charge in [0.25, 0.3) is 0 Å². The van der Waals surface area contributed by atoms with Gasteiger partial charge in [-0.3, -0.25) is 0 Å². The zero-order valence-electron chi connectivity index (χ0n) is 11.6. The summed E-state index contributed by atoms with van der Waals surface area (Å²) in [5.74, 6) is 0. The Morgan fingerprint density at radius 3 is 2.25 bits per heavy atom. The van der Waals surface area contributed by atoms with Crippen molar-refractivity contribution in [1.29, 1.82) is 0 Å². The highest BCUT2D eigenvalue weighted by Crippen LogP contribution is 2.18. The molecule has 0 radical (unpaired) electrons. The molecule has 0 aromatic heterocycles. The second-order valence-electron chi connectivity index (χ2n) is 4.52. The van der Waals surface area contributed by atoms with E-state index in [0.29, 0.717) is 0 Å². The molecule has 0 amide bonds. The lowest BCUT2D eigenvalue weighted by Crippen LogP contribution is -2.37. The van der Waals surface area contributed by atoms with Crippen molar-refractivity contribution in [2.45, 2.75) is 22.8 Å². The highest BCUT2D eigenvalue weighted by atomic mass is 32.2. The van der Waals surface area contributed by atoms with Gasteiger partial charge in [-0.05, 0) is 25.1 Å². The number of rotatable bonds is 6. The lowest BCUT2D eigenvalue weighted by molar-refractivity contribution is 0.520. The van der Waals surface area contributed by atoms with Crippen LogP contribution in [0.1, 0.15) is 6.92 Å². The third-order valence-electron chi connectivity index (χ3n) is 2.60. The van der Waals surface area contributed by atoms with Crippen molar-refractivity contribution in [2.75, 3.05) is 20.6 Å². The monoisotopic (exact) mass is 321 g/mol. The Morgan fingerprint density at radius 2 is 1.75 bits per heavy atom. The molecule has 114 valence electrons. The molecule has 0 fully saturated rings. The fraction of sp³-hybridized carbons (Fsp3) is 0.455. The van der Waals surface area contributed by atoms with Crippen LogP contribution in [0.3, 0.4) is 0 Å². The minimum atomic E-state index is -3.79. The minimum Gasteiger partial charge on any atom is -0.329 e. The fourth-order valence-electron chi connectivity index (χ4n) is 1.39. The predicted octanol–water partition coefficient (Wildman–Crippen LogP) is -0.438. The lowest BCUT2D eigenvalue weighted by Gasteiger charge is -2.14. The van der Waals surface area contributed by atoms with Crippen molar-refractivity contribution in [2.24, 2.45) is 5.73 Å². The van der Waals surface area contributed by atoms with Gasteiger partial charge in [0, 0.05) is 26.7 Å². The zero-order chi connectivity index (χ0) is 15.6. The molecule has 0 spiro atoms. The largest absolute Gasteiger partial charge is 0.329 e. The molecular formula is C11H19N3O4S2. The van der Waals surface area contributed by atoms with Crippen molar-refractivity contribution in [3.05, 3.63) is 24.3 Å². The first-order chi connectivity index (χ1) is 9.11. The maximum Gasteiger partial charge on any atom is 0.242 e. The van der Waals surface area contributed by atoms with E-state index in [1.165, 1.54) is 32.3 Å². The Bertz CT molecular complexity index is 669. The van der Waals surface area contributed by atoms with Crippen LogP contribution in [0.25, 0.3) is 0 Å². The van der Waals surface area contributed by atoms with Crippen LogP contribution in [-0.2, 0) is 20.0 Å². The number of nitrogens with one attached hydrogen (secondary N) is 1. The van der Waals surface area contributed by atoms with Gasteiger partial charge in [0.05, 0.1) is 9.79 Å². The Hall–Kier alpha value is -1.00. The average molecular weight is 321 g/mol. The molecule has 9 heteroatoms. The Labute approximate surface area is 119 Å². The quantitative estimate of drug-likeness (QED) is 0.738. The zero-order valence-corrected chi connectivity index (χ0v) is 13.2. The van der Waals surface area contributed by atoms with Gasteiger partial charge in [-0.25, -0.2) is 25.9 Å². The average Bonchev–Trinajstić information content (AvgIpc) is 2.38. The minimum absolute atomic E-state index is 0.0780. The van der Waals surface area contributed by atoms with E-state index in [-0.39, 0.29) is 16.3 Å². The number of hydrogen-bond acceptors (Lipinski definition) is 5. The summed E-state index contributed by atoms with van der Waals surface area (Å²) in [5.41, 5.74) is 5.37. The molecular weight excluding hydrogens is 302 g/mol. The van der Waals surface area contributed by atoms with E-state index in [1.807, 2.05) is 0 Å². The van der Waals surface area contributed by atoms with Crippen LogP contribution in [0.2, 0.25) is 0 Å². The normalized spacial score (nSPS) is 14.4. The summed E-state index contributed by atoms with van der Waals surface area (Å²) in [6.45, 7) is 1.77. The molecule has 0 aliphatic heterocycles. The van der Waals surface area contributed by atoms with E-state index in [0.717, 1.165) is 10.4 Å². The Balaban J connectivity index is 3.24. The van der Waals surface area contributed by atoms with Crippen LogP contribution < -0.4 is 10.5 Å². The summed E-state index contributed by atoms with van der Waals surface area (Å²) < 4.78 is 51.5. The van der Waals surface area contributed by atoms with Crippen molar-refractivity contribution < 1.29 is 16.8 Å². The number of hydrogen-bond donors (Lipinski definition) is 2. The molecule has 20 heavy (non-hydrogen) atoms. The van der Waals surface area contributed by atoms with Crippen molar-refractivity contribution in [3.63, 3.8) is 0 Å². The maximum absolute atomic E-state index is 12.1. The molecule has 7 nitrogen and oxygen atoms in total. The summed E-state index contributed by atoms with van der Waals surface area (Å²) in [4.78, 5) is -0.188. The van der Waals surface area contributed by atoms with Crippen LogP contribution >= 0.6 is 0 Å². The Kier molecular flexibility index (Phi) is 5.27. The summed E-state index contributed by atoms with van der Waals surface area (Å²) in [5, 5.41) is 0. The molecule has 0 saturated carbocycles. The highest BCUT2D eigenvalue weighted by molar-refractivity contribution is 7.90. The summed E-state index contributed by atoms with van der Waals surface area (Å²) in [6, 6.07) is 4.76. The van der Waals surface area contributed by atoms with E-state index in [2.05, 4.69) is 4.72 Å². The number of sulfonamides is 2. The molecule has 1 atom stereocenters. The molecule has 0 unspecified atom stereocenters. The second-order valence-corrected chi connectivity index (χ2v) is 8.39. The van der Waals surface area contributed by atoms with Gasteiger partial charge in [-0.15, -0.1) is 0 Å². The van der Waals surface area contributed by atoms with Crippen LogP contribution in [0, 0.1) is 0 Å². The van der Waals surface area contributed by atoms with Gasteiger partial charge in [0.2, 0.25) is 20.0 Å². The Morgan fingerprint density at radius 1 is 1.20 bits per heavy atom. The standard InChI is InChI=1S/C11H19N3O4S2/c1-9(8-12)13-19(15,16)10-5-4-6-11(7-10)20(17,18)14(2)3/h4-7,9,13H,8,12H2,1-3H3/t9-/m0/s1. The molecule has 0 aliphatic rings. The molecule has 3 N–H and O–H groups in total. The van der Waals surface area contributed by atoms with Crippen LogP contribution in [0.15, 0.2) is 34.1 Å². The summed E-state index contributed by atoms with van der Waals surface area (Å²) >= 11 is 0. The molecule has 1 aromatic rings. The van der Waals surface area contributed by atoms with E-state index in [9.17, 15) is 16.8 Å². The second kappa shape index (κ2) is 6.19. The van der Waals surface area contributed by atoms with Gasteiger partial charge in [0.1, 0.15) is 0 Å². The topological polar surface area (TPSA) is 110 Å². The van der Waals surface area contributed by atoms with Crippen LogP contribution in [0.4, 0.5) is 0 Å².